The van der Waals surface area contributed by atoms with Gasteiger partial charge in [0, 0.05) is 11.4 Å². The number of benzene rings is 1. The predicted octanol–water partition coefficient (Wildman–Crippen LogP) is 3.98. The molecule has 2 aromatic rings. The second-order valence-corrected chi connectivity index (χ2v) is 6.05. The predicted molar refractivity (Wildman–Crippen MR) is 85.5 cm³/mol. The molecule has 1 amide bonds. The van der Waals surface area contributed by atoms with Crippen molar-refractivity contribution in [1.29, 1.82) is 0 Å². The van der Waals surface area contributed by atoms with Gasteiger partial charge < -0.3 is 5.32 Å². The molecule has 0 aliphatic rings. The van der Waals surface area contributed by atoms with E-state index in [9.17, 15) is 4.79 Å². The number of hydrogen-bond acceptors (Lipinski definition) is 2. The van der Waals surface area contributed by atoms with Gasteiger partial charge in [0.2, 0.25) is 0 Å². The first-order chi connectivity index (χ1) is 9.70. The molecular formula is C17H21NOS. The maximum Gasteiger partial charge on any atom is 0.261 e. The number of rotatable bonds is 6. The number of nitrogens with one attached hydrogen (secondary N) is 1. The second kappa shape index (κ2) is 7.25. The zero-order chi connectivity index (χ0) is 14.4. The normalized spacial score (nSPS) is 10.5. The van der Waals surface area contributed by atoms with E-state index in [-0.39, 0.29) is 5.91 Å². The van der Waals surface area contributed by atoms with Gasteiger partial charge >= 0.3 is 0 Å². The number of amides is 1. The Morgan fingerprint density at radius 3 is 2.65 bits per heavy atom. The van der Waals surface area contributed by atoms with Crippen molar-refractivity contribution >= 4 is 17.2 Å². The summed E-state index contributed by atoms with van der Waals surface area (Å²) >= 11 is 1.61. The summed E-state index contributed by atoms with van der Waals surface area (Å²) in [6, 6.07) is 12.4. The molecule has 0 bridgehead atoms. The molecular weight excluding hydrogens is 266 g/mol. The summed E-state index contributed by atoms with van der Waals surface area (Å²) in [4.78, 5) is 14.2. The number of carbonyl (C=O) groups excluding carboxylic acids is 1. The van der Waals surface area contributed by atoms with Crippen molar-refractivity contribution in [2.24, 2.45) is 0 Å². The number of thiophene rings is 1. The lowest BCUT2D eigenvalue weighted by molar-refractivity contribution is 0.0957. The third kappa shape index (κ3) is 3.94. The summed E-state index contributed by atoms with van der Waals surface area (Å²) in [7, 11) is 0. The highest BCUT2D eigenvalue weighted by Gasteiger charge is 2.10. The van der Waals surface area contributed by atoms with Gasteiger partial charge in [-0.25, -0.2) is 0 Å². The van der Waals surface area contributed by atoms with Crippen LogP contribution in [0.3, 0.4) is 0 Å². The Morgan fingerprint density at radius 2 is 2.00 bits per heavy atom. The van der Waals surface area contributed by atoms with E-state index in [0.29, 0.717) is 0 Å². The lowest BCUT2D eigenvalue weighted by Crippen LogP contribution is -2.23. The van der Waals surface area contributed by atoms with Crippen LogP contribution in [0.25, 0.3) is 0 Å². The molecule has 0 saturated heterocycles. The maximum absolute atomic E-state index is 12.0. The van der Waals surface area contributed by atoms with Gasteiger partial charge in [-0.15, -0.1) is 11.3 Å². The van der Waals surface area contributed by atoms with Gasteiger partial charge in [0.15, 0.2) is 0 Å². The minimum atomic E-state index is 0.0610. The molecule has 0 unspecified atom stereocenters. The monoisotopic (exact) mass is 287 g/mol. The van der Waals surface area contributed by atoms with Crippen molar-refractivity contribution in [3.05, 3.63) is 57.3 Å². The van der Waals surface area contributed by atoms with Gasteiger partial charge in [0.1, 0.15) is 0 Å². The minimum absolute atomic E-state index is 0.0610. The molecule has 1 aromatic heterocycles. The lowest BCUT2D eigenvalue weighted by Gasteiger charge is -2.03. The summed E-state index contributed by atoms with van der Waals surface area (Å²) in [5, 5.41) is 3.01. The standard InChI is InChI=1S/C17H21NOS/c1-3-15-13(2)12-16(20-15)17(19)18-11-7-10-14-8-5-4-6-9-14/h4-6,8-9,12H,3,7,10-11H2,1-2H3,(H,18,19). The topological polar surface area (TPSA) is 29.1 Å². The SMILES string of the molecule is CCc1sc(C(=O)NCCCc2ccccc2)cc1C. The van der Waals surface area contributed by atoms with Crippen molar-refractivity contribution in [2.75, 3.05) is 6.54 Å². The summed E-state index contributed by atoms with van der Waals surface area (Å²) < 4.78 is 0. The van der Waals surface area contributed by atoms with Crippen LogP contribution in [0.15, 0.2) is 36.4 Å². The molecule has 0 saturated carbocycles. The Bertz CT molecular complexity index is 560. The first-order valence-corrected chi connectivity index (χ1v) is 7.93. The molecule has 2 rings (SSSR count). The summed E-state index contributed by atoms with van der Waals surface area (Å²) in [6.45, 7) is 4.92. The van der Waals surface area contributed by atoms with E-state index in [1.165, 1.54) is 16.0 Å². The Labute approximate surface area is 124 Å². The van der Waals surface area contributed by atoms with Crippen LogP contribution >= 0.6 is 11.3 Å². The molecule has 3 heteroatoms. The van der Waals surface area contributed by atoms with Gasteiger partial charge in [-0.05, 0) is 43.4 Å². The lowest BCUT2D eigenvalue weighted by atomic mass is 10.1. The van der Waals surface area contributed by atoms with E-state index in [1.807, 2.05) is 12.1 Å². The minimum Gasteiger partial charge on any atom is -0.351 e. The van der Waals surface area contributed by atoms with E-state index >= 15 is 0 Å². The molecule has 2 nitrogen and oxygen atoms in total. The van der Waals surface area contributed by atoms with Gasteiger partial charge in [0.25, 0.3) is 5.91 Å². The van der Waals surface area contributed by atoms with E-state index in [2.05, 4.69) is 43.4 Å². The zero-order valence-electron chi connectivity index (χ0n) is 12.1. The molecule has 0 aliphatic carbocycles. The fraction of sp³-hybridized carbons (Fsp3) is 0.353. The van der Waals surface area contributed by atoms with E-state index in [1.54, 1.807) is 11.3 Å². The van der Waals surface area contributed by atoms with Crippen LogP contribution in [0.4, 0.5) is 0 Å². The molecule has 0 atom stereocenters. The van der Waals surface area contributed by atoms with Crippen LogP contribution in [0.2, 0.25) is 0 Å². The third-order valence-corrected chi connectivity index (χ3v) is 4.72. The van der Waals surface area contributed by atoms with Crippen molar-refractivity contribution in [2.45, 2.75) is 33.1 Å². The quantitative estimate of drug-likeness (QED) is 0.800. The summed E-state index contributed by atoms with van der Waals surface area (Å²) in [5.74, 6) is 0.0610. The average molecular weight is 287 g/mol. The second-order valence-electron chi connectivity index (χ2n) is 4.92. The fourth-order valence-electron chi connectivity index (χ4n) is 2.21. The van der Waals surface area contributed by atoms with Gasteiger partial charge in [0.05, 0.1) is 4.88 Å². The highest BCUT2D eigenvalue weighted by atomic mass is 32.1. The van der Waals surface area contributed by atoms with Gasteiger partial charge in [-0.1, -0.05) is 37.3 Å². The van der Waals surface area contributed by atoms with Crippen LogP contribution in [0.1, 0.15) is 39.0 Å². The molecule has 20 heavy (non-hydrogen) atoms. The van der Waals surface area contributed by atoms with E-state index in [4.69, 9.17) is 0 Å². The first-order valence-electron chi connectivity index (χ1n) is 7.12. The maximum atomic E-state index is 12.0. The third-order valence-electron chi connectivity index (χ3n) is 3.34. The van der Waals surface area contributed by atoms with Crippen molar-refractivity contribution in [3.63, 3.8) is 0 Å². The zero-order valence-corrected chi connectivity index (χ0v) is 12.9. The molecule has 1 aromatic carbocycles. The summed E-state index contributed by atoms with van der Waals surface area (Å²) in [5.41, 5.74) is 2.55. The van der Waals surface area contributed by atoms with E-state index in [0.717, 1.165) is 30.7 Å². The van der Waals surface area contributed by atoms with Crippen LogP contribution in [0, 0.1) is 6.92 Å². The van der Waals surface area contributed by atoms with Crippen LogP contribution in [-0.2, 0) is 12.8 Å². The Morgan fingerprint density at radius 1 is 1.25 bits per heavy atom. The molecule has 0 radical (unpaired) electrons. The van der Waals surface area contributed by atoms with Crippen molar-refractivity contribution in [1.82, 2.24) is 5.32 Å². The Hall–Kier alpha value is -1.61. The Kier molecular flexibility index (Phi) is 5.36. The highest BCUT2D eigenvalue weighted by molar-refractivity contribution is 7.14. The number of aryl methyl sites for hydroxylation is 3. The number of hydrogen-bond donors (Lipinski definition) is 1. The van der Waals surface area contributed by atoms with Crippen molar-refractivity contribution in [3.8, 4) is 0 Å². The molecule has 1 N–H and O–H groups in total. The van der Waals surface area contributed by atoms with Gasteiger partial charge in [-0.2, -0.15) is 0 Å². The van der Waals surface area contributed by atoms with Gasteiger partial charge in [-0.3, -0.25) is 4.79 Å². The molecule has 0 aliphatic heterocycles. The molecule has 0 spiro atoms. The molecule has 1 heterocycles. The first kappa shape index (κ1) is 14.8. The smallest absolute Gasteiger partial charge is 0.261 e. The van der Waals surface area contributed by atoms with Crippen LogP contribution in [-0.4, -0.2) is 12.5 Å². The average Bonchev–Trinajstić information content (AvgIpc) is 2.86. The molecule has 0 fully saturated rings. The largest absolute Gasteiger partial charge is 0.351 e. The van der Waals surface area contributed by atoms with Crippen LogP contribution in [0.5, 0.6) is 0 Å². The number of carbonyl (C=O) groups is 1. The highest BCUT2D eigenvalue weighted by Crippen LogP contribution is 2.22. The Balaban J connectivity index is 1.77. The molecule has 106 valence electrons. The van der Waals surface area contributed by atoms with Crippen molar-refractivity contribution < 1.29 is 4.79 Å². The summed E-state index contributed by atoms with van der Waals surface area (Å²) in [6.07, 6.45) is 2.98. The fourth-order valence-corrected chi connectivity index (χ4v) is 3.24. The van der Waals surface area contributed by atoms with Crippen LogP contribution < -0.4 is 5.32 Å². The van der Waals surface area contributed by atoms with E-state index < -0.39 is 0 Å².